The molecule has 0 aromatic heterocycles. The van der Waals surface area contributed by atoms with Crippen molar-refractivity contribution in [3.8, 4) is 0 Å². The standard InChI is InChI=1S/C14H23NO6P/c1-11(2)13(16)20-9-6-7-12(14(17)21-22-18)19-10-8-15(3,4)5/h7H,1,6,8-10H2,2-5H3/q+1. The number of carbonyl (C=O) groups is 2. The summed E-state index contributed by atoms with van der Waals surface area (Å²) in [5.74, 6) is -1.38. The Hall–Kier alpha value is -1.72. The summed E-state index contributed by atoms with van der Waals surface area (Å²) in [6.45, 7) is 6.05. The van der Waals surface area contributed by atoms with Crippen LogP contribution in [0.4, 0.5) is 0 Å². The highest BCUT2D eigenvalue weighted by atomic mass is 31.1. The van der Waals surface area contributed by atoms with Crippen LogP contribution < -0.4 is 0 Å². The highest BCUT2D eigenvalue weighted by molar-refractivity contribution is 7.18. The Bertz CT molecular complexity index is 453. The van der Waals surface area contributed by atoms with Gasteiger partial charge in [0.25, 0.3) is 0 Å². The highest BCUT2D eigenvalue weighted by Gasteiger charge is 2.15. The van der Waals surface area contributed by atoms with Gasteiger partial charge in [-0.05, 0) is 13.0 Å². The zero-order chi connectivity index (χ0) is 17.2. The van der Waals surface area contributed by atoms with Crippen molar-refractivity contribution >= 4 is 20.6 Å². The van der Waals surface area contributed by atoms with Crippen molar-refractivity contribution in [2.24, 2.45) is 0 Å². The highest BCUT2D eigenvalue weighted by Crippen LogP contribution is 2.08. The summed E-state index contributed by atoms with van der Waals surface area (Å²) in [4.78, 5) is 22.8. The van der Waals surface area contributed by atoms with Crippen LogP contribution in [-0.4, -0.2) is 57.3 Å². The Morgan fingerprint density at radius 2 is 1.77 bits per heavy atom. The molecule has 0 saturated carbocycles. The predicted molar refractivity (Wildman–Crippen MR) is 81.0 cm³/mol. The lowest BCUT2D eigenvalue weighted by Gasteiger charge is -2.23. The van der Waals surface area contributed by atoms with Crippen LogP contribution >= 0.6 is 8.69 Å². The second-order valence-electron chi connectivity index (χ2n) is 5.59. The first-order chi connectivity index (χ1) is 10.2. The van der Waals surface area contributed by atoms with Crippen molar-refractivity contribution in [2.75, 3.05) is 40.9 Å². The van der Waals surface area contributed by atoms with Crippen molar-refractivity contribution in [1.29, 1.82) is 0 Å². The lowest BCUT2D eigenvalue weighted by Crippen LogP contribution is -2.37. The summed E-state index contributed by atoms with van der Waals surface area (Å²) in [7, 11) is 5.21. The second-order valence-corrected chi connectivity index (χ2v) is 5.92. The van der Waals surface area contributed by atoms with Crippen LogP contribution in [0.1, 0.15) is 13.3 Å². The van der Waals surface area contributed by atoms with E-state index in [1.807, 2.05) is 21.1 Å². The van der Waals surface area contributed by atoms with Crippen LogP contribution in [0.2, 0.25) is 0 Å². The fraction of sp³-hybridized carbons (Fsp3) is 0.571. The van der Waals surface area contributed by atoms with Gasteiger partial charge in [0, 0.05) is 12.0 Å². The molecule has 0 aliphatic heterocycles. The molecular formula is C14H23NO6P+. The summed E-state index contributed by atoms with van der Waals surface area (Å²) >= 11 is 0. The number of carbonyl (C=O) groups excluding carboxylic acids is 2. The normalized spacial score (nSPS) is 11.9. The van der Waals surface area contributed by atoms with E-state index < -0.39 is 20.6 Å². The number of quaternary nitrogens is 1. The van der Waals surface area contributed by atoms with Gasteiger partial charge in [-0.15, -0.1) is 0 Å². The van der Waals surface area contributed by atoms with E-state index in [9.17, 15) is 14.2 Å². The maximum atomic E-state index is 11.6. The zero-order valence-corrected chi connectivity index (χ0v) is 14.4. The number of likely N-dealkylation sites (N-methyl/N-ethyl adjacent to an activating group) is 1. The molecular weight excluding hydrogens is 309 g/mol. The molecule has 124 valence electrons. The van der Waals surface area contributed by atoms with Gasteiger partial charge in [0.05, 0.1) is 27.7 Å². The van der Waals surface area contributed by atoms with Crippen molar-refractivity contribution in [3.63, 3.8) is 0 Å². The van der Waals surface area contributed by atoms with Crippen LogP contribution in [0.5, 0.6) is 0 Å². The molecule has 0 radical (unpaired) electrons. The first-order valence-electron chi connectivity index (χ1n) is 6.67. The Labute approximate surface area is 132 Å². The zero-order valence-electron chi connectivity index (χ0n) is 13.5. The van der Waals surface area contributed by atoms with Crippen LogP contribution in [0.15, 0.2) is 24.0 Å². The third kappa shape index (κ3) is 10.1. The molecule has 22 heavy (non-hydrogen) atoms. The molecule has 0 fully saturated rings. The molecule has 0 N–H and O–H groups in total. The van der Waals surface area contributed by atoms with Gasteiger partial charge < -0.3 is 18.5 Å². The molecule has 8 heteroatoms. The van der Waals surface area contributed by atoms with Crippen molar-refractivity contribution in [3.05, 3.63) is 24.0 Å². The van der Waals surface area contributed by atoms with Gasteiger partial charge in [-0.2, -0.15) is 0 Å². The Morgan fingerprint density at radius 3 is 2.27 bits per heavy atom. The summed E-state index contributed by atoms with van der Waals surface area (Å²) < 4.78 is 25.6. The van der Waals surface area contributed by atoms with E-state index in [2.05, 4.69) is 11.1 Å². The largest absolute Gasteiger partial charge is 0.481 e. The van der Waals surface area contributed by atoms with Crippen molar-refractivity contribution in [2.45, 2.75) is 13.3 Å². The molecule has 0 atom stereocenters. The van der Waals surface area contributed by atoms with E-state index in [4.69, 9.17) is 9.47 Å². The number of ether oxygens (including phenoxy) is 2. The fourth-order valence-electron chi connectivity index (χ4n) is 1.17. The molecule has 0 aliphatic rings. The van der Waals surface area contributed by atoms with E-state index in [0.717, 1.165) is 0 Å². The first kappa shape index (κ1) is 20.3. The van der Waals surface area contributed by atoms with Gasteiger partial charge >= 0.3 is 20.6 Å². The lowest BCUT2D eigenvalue weighted by molar-refractivity contribution is -0.870. The Kier molecular flexibility index (Phi) is 9.29. The van der Waals surface area contributed by atoms with Crippen LogP contribution in [0.25, 0.3) is 0 Å². The maximum absolute atomic E-state index is 11.6. The molecule has 0 heterocycles. The third-order valence-corrected chi connectivity index (χ3v) is 2.61. The summed E-state index contributed by atoms with van der Waals surface area (Å²) in [6.07, 6.45) is 1.71. The van der Waals surface area contributed by atoms with E-state index >= 15 is 0 Å². The number of hydrogen-bond acceptors (Lipinski definition) is 6. The molecule has 0 saturated heterocycles. The minimum Gasteiger partial charge on any atom is -0.481 e. The van der Waals surface area contributed by atoms with Crippen molar-refractivity contribution < 1.29 is 32.6 Å². The van der Waals surface area contributed by atoms with Crippen LogP contribution in [0, 0.1) is 0 Å². The summed E-state index contributed by atoms with van der Waals surface area (Å²) in [5, 5.41) is 0. The average Bonchev–Trinajstić information content (AvgIpc) is 2.39. The number of esters is 1. The smallest absolute Gasteiger partial charge is 0.398 e. The molecule has 0 bridgehead atoms. The Balaban J connectivity index is 4.48. The van der Waals surface area contributed by atoms with Gasteiger partial charge in [-0.25, -0.2) is 14.2 Å². The number of hydrogen-bond donors (Lipinski definition) is 0. The number of nitrogens with zero attached hydrogens (tertiary/aromatic N) is 1. The lowest BCUT2D eigenvalue weighted by atomic mass is 10.3. The van der Waals surface area contributed by atoms with Crippen molar-refractivity contribution in [1.82, 2.24) is 0 Å². The first-order valence-corrected chi connectivity index (χ1v) is 7.40. The molecule has 0 aromatic carbocycles. The second kappa shape index (κ2) is 10.1. The predicted octanol–water partition coefficient (Wildman–Crippen LogP) is 1.85. The van der Waals surface area contributed by atoms with Gasteiger partial charge in [0.2, 0.25) is 5.76 Å². The molecule has 0 aromatic rings. The molecule has 7 nitrogen and oxygen atoms in total. The van der Waals surface area contributed by atoms with E-state index in [1.165, 1.54) is 6.08 Å². The van der Waals surface area contributed by atoms with Crippen LogP contribution in [0.3, 0.4) is 0 Å². The maximum Gasteiger partial charge on any atom is 0.398 e. The summed E-state index contributed by atoms with van der Waals surface area (Å²) in [6, 6.07) is 0. The van der Waals surface area contributed by atoms with E-state index in [1.54, 1.807) is 6.92 Å². The fourth-order valence-corrected chi connectivity index (χ4v) is 1.33. The summed E-state index contributed by atoms with van der Waals surface area (Å²) in [5.41, 5.74) is 0.299. The minimum atomic E-state index is -0.829. The third-order valence-electron chi connectivity index (χ3n) is 2.37. The number of rotatable bonds is 10. The quantitative estimate of drug-likeness (QED) is 0.152. The Morgan fingerprint density at radius 1 is 1.14 bits per heavy atom. The van der Waals surface area contributed by atoms with Gasteiger partial charge in [0.15, 0.2) is 0 Å². The SMILES string of the molecule is C=C(C)C(=O)OCCC=C(OCC[N+](C)(C)C)C(=O)OP=O. The topological polar surface area (TPSA) is 78.9 Å². The molecule has 0 rings (SSSR count). The molecule has 0 amide bonds. The van der Waals surface area contributed by atoms with Gasteiger partial charge in [0.1, 0.15) is 13.2 Å². The van der Waals surface area contributed by atoms with E-state index in [0.29, 0.717) is 23.2 Å². The molecule has 0 aliphatic carbocycles. The van der Waals surface area contributed by atoms with Gasteiger partial charge in [-0.3, -0.25) is 0 Å². The average molecular weight is 332 g/mol. The van der Waals surface area contributed by atoms with Crippen LogP contribution in [-0.2, 0) is 28.2 Å². The molecule has 0 spiro atoms. The monoisotopic (exact) mass is 332 g/mol. The van der Waals surface area contributed by atoms with Gasteiger partial charge in [-0.1, -0.05) is 6.58 Å². The molecule has 0 unspecified atom stereocenters. The van der Waals surface area contributed by atoms with E-state index in [-0.39, 0.29) is 18.8 Å². The minimum absolute atomic E-state index is 0.0526.